The van der Waals surface area contributed by atoms with Crippen molar-refractivity contribution in [2.75, 3.05) is 33.3 Å². The van der Waals surface area contributed by atoms with E-state index in [2.05, 4.69) is 51.7 Å². The number of aromatic nitrogens is 2. The van der Waals surface area contributed by atoms with Crippen molar-refractivity contribution in [3.63, 3.8) is 0 Å². The summed E-state index contributed by atoms with van der Waals surface area (Å²) < 4.78 is 7.40. The zero-order valence-electron chi connectivity index (χ0n) is 18.4. The fourth-order valence-electron chi connectivity index (χ4n) is 4.06. The number of rotatable bonds is 8. The fourth-order valence-corrected chi connectivity index (χ4v) is 4.78. The van der Waals surface area contributed by atoms with Gasteiger partial charge >= 0.3 is 0 Å². The third-order valence-corrected chi connectivity index (χ3v) is 6.45. The molecule has 2 N–H and O–H groups in total. The maximum Gasteiger partial charge on any atom is 0.193 e. The largest absolute Gasteiger partial charge is 0.497 e. The van der Waals surface area contributed by atoms with Gasteiger partial charge in [0.1, 0.15) is 5.75 Å². The van der Waals surface area contributed by atoms with Gasteiger partial charge in [0.15, 0.2) is 10.9 Å². The number of ether oxygens (including phenoxy) is 1. The fraction of sp³-hybridized carbons (Fsp3) is 0.478. The average Bonchev–Trinajstić information content (AvgIpc) is 3.41. The molecule has 166 valence electrons. The number of methoxy groups -OCH3 is 1. The second-order valence-corrected chi connectivity index (χ2v) is 8.66. The van der Waals surface area contributed by atoms with Crippen LogP contribution in [-0.4, -0.2) is 53.5 Å². The first kappa shape index (κ1) is 21.6. The molecule has 0 bridgehead atoms. The summed E-state index contributed by atoms with van der Waals surface area (Å²) >= 11 is 1.64. The molecule has 0 aliphatic carbocycles. The summed E-state index contributed by atoms with van der Waals surface area (Å²) in [7, 11) is 1.71. The number of aliphatic imine (C=N–C) groups is 1. The highest BCUT2D eigenvalue weighted by molar-refractivity contribution is 7.15. The lowest BCUT2D eigenvalue weighted by molar-refractivity contribution is 0.164. The quantitative estimate of drug-likeness (QED) is 0.413. The summed E-state index contributed by atoms with van der Waals surface area (Å²) in [6.07, 6.45) is 7.93. The molecule has 1 aromatic carbocycles. The summed E-state index contributed by atoms with van der Waals surface area (Å²) in [6, 6.07) is 8.77. The topological polar surface area (TPSA) is 66.2 Å². The Balaban J connectivity index is 1.46. The number of guanidine groups is 1. The van der Waals surface area contributed by atoms with E-state index in [0.717, 1.165) is 48.5 Å². The van der Waals surface area contributed by atoms with Gasteiger partial charge in [-0.25, -0.2) is 9.98 Å². The smallest absolute Gasteiger partial charge is 0.193 e. The molecule has 1 saturated heterocycles. The lowest BCUT2D eigenvalue weighted by Gasteiger charge is -2.35. The van der Waals surface area contributed by atoms with Crippen LogP contribution >= 0.6 is 11.3 Å². The summed E-state index contributed by atoms with van der Waals surface area (Å²) in [4.78, 5) is 13.0. The van der Waals surface area contributed by atoms with Gasteiger partial charge in [-0.1, -0.05) is 18.6 Å². The van der Waals surface area contributed by atoms with Crippen LogP contribution in [0, 0.1) is 0 Å². The van der Waals surface area contributed by atoms with Crippen molar-refractivity contribution in [2.24, 2.45) is 4.99 Å². The van der Waals surface area contributed by atoms with E-state index in [-0.39, 0.29) is 0 Å². The average molecular weight is 441 g/mol. The van der Waals surface area contributed by atoms with E-state index in [0.29, 0.717) is 12.6 Å². The van der Waals surface area contributed by atoms with Gasteiger partial charge in [0.05, 0.1) is 25.4 Å². The van der Waals surface area contributed by atoms with Crippen molar-refractivity contribution < 1.29 is 4.74 Å². The van der Waals surface area contributed by atoms with Crippen LogP contribution in [0.25, 0.3) is 4.96 Å². The van der Waals surface area contributed by atoms with E-state index in [1.54, 1.807) is 18.4 Å². The van der Waals surface area contributed by atoms with Crippen molar-refractivity contribution >= 4 is 22.3 Å². The molecule has 2 aromatic heterocycles. The minimum Gasteiger partial charge on any atom is -0.497 e. The molecule has 0 spiro atoms. The SMILES string of the molecule is CCNC(=NCc1cn2ccsc2n1)NCC(c1ccc(OC)cc1)N1CCCCC1. The van der Waals surface area contributed by atoms with Crippen LogP contribution < -0.4 is 15.4 Å². The second-order valence-electron chi connectivity index (χ2n) is 7.79. The zero-order chi connectivity index (χ0) is 21.5. The Morgan fingerprint density at radius 2 is 2.00 bits per heavy atom. The van der Waals surface area contributed by atoms with E-state index >= 15 is 0 Å². The first-order chi connectivity index (χ1) is 15.3. The number of nitrogens with one attached hydrogen (secondary N) is 2. The Labute approximate surface area is 188 Å². The highest BCUT2D eigenvalue weighted by atomic mass is 32.1. The molecule has 7 nitrogen and oxygen atoms in total. The Hall–Kier alpha value is -2.58. The molecule has 3 aromatic rings. The number of hydrogen-bond acceptors (Lipinski definition) is 5. The Morgan fingerprint density at radius 3 is 2.71 bits per heavy atom. The Bertz CT molecular complexity index is 945. The molecule has 1 fully saturated rings. The number of thiazole rings is 1. The van der Waals surface area contributed by atoms with Gasteiger partial charge < -0.3 is 15.4 Å². The highest BCUT2D eigenvalue weighted by Gasteiger charge is 2.22. The minimum absolute atomic E-state index is 0.299. The van der Waals surface area contributed by atoms with E-state index < -0.39 is 0 Å². The molecule has 0 saturated carbocycles. The van der Waals surface area contributed by atoms with Crippen LogP contribution in [0.2, 0.25) is 0 Å². The lowest BCUT2D eigenvalue weighted by Crippen LogP contribution is -2.44. The predicted octanol–water partition coefficient (Wildman–Crippen LogP) is 3.69. The van der Waals surface area contributed by atoms with Gasteiger partial charge in [0.2, 0.25) is 0 Å². The van der Waals surface area contributed by atoms with E-state index in [1.807, 2.05) is 22.2 Å². The van der Waals surface area contributed by atoms with Gasteiger partial charge in [0.25, 0.3) is 0 Å². The molecule has 8 heteroatoms. The summed E-state index contributed by atoms with van der Waals surface area (Å²) in [6.45, 7) is 6.54. The molecule has 0 radical (unpaired) electrons. The molecule has 3 heterocycles. The van der Waals surface area contributed by atoms with E-state index in [4.69, 9.17) is 9.73 Å². The van der Waals surface area contributed by atoms with Gasteiger partial charge in [0, 0.05) is 30.9 Å². The van der Waals surface area contributed by atoms with Crippen LogP contribution in [-0.2, 0) is 6.54 Å². The standard InChI is InChI=1S/C23H32N6OS/c1-3-24-22(25-15-19-17-29-13-14-31-23(29)27-19)26-16-21(28-11-5-4-6-12-28)18-7-9-20(30-2)10-8-18/h7-10,13-14,17,21H,3-6,11-12,15-16H2,1-2H3,(H2,24,25,26). The minimum atomic E-state index is 0.299. The monoisotopic (exact) mass is 440 g/mol. The molecule has 1 unspecified atom stereocenters. The summed E-state index contributed by atoms with van der Waals surface area (Å²) in [5.74, 6) is 1.72. The molecule has 4 rings (SSSR count). The molecular weight excluding hydrogens is 408 g/mol. The zero-order valence-corrected chi connectivity index (χ0v) is 19.2. The first-order valence-corrected chi connectivity index (χ1v) is 12.0. The number of likely N-dealkylation sites (tertiary alicyclic amines) is 1. The van der Waals surface area contributed by atoms with Gasteiger partial charge in [-0.15, -0.1) is 11.3 Å². The van der Waals surface area contributed by atoms with Crippen molar-refractivity contribution in [1.82, 2.24) is 24.9 Å². The van der Waals surface area contributed by atoms with Crippen molar-refractivity contribution in [1.29, 1.82) is 0 Å². The molecule has 1 atom stereocenters. The van der Waals surface area contributed by atoms with Crippen molar-refractivity contribution in [2.45, 2.75) is 38.8 Å². The first-order valence-electron chi connectivity index (χ1n) is 11.1. The number of piperidine rings is 1. The highest BCUT2D eigenvalue weighted by Crippen LogP contribution is 2.26. The molecule has 1 aliphatic heterocycles. The number of fused-ring (bicyclic) bond motifs is 1. The molecule has 1 aliphatic rings. The third kappa shape index (κ3) is 5.57. The Kier molecular flexibility index (Phi) is 7.43. The van der Waals surface area contributed by atoms with Gasteiger partial charge in [-0.3, -0.25) is 9.30 Å². The summed E-state index contributed by atoms with van der Waals surface area (Å²) in [5.41, 5.74) is 2.28. The predicted molar refractivity (Wildman–Crippen MR) is 127 cm³/mol. The number of imidazole rings is 1. The molecule has 31 heavy (non-hydrogen) atoms. The van der Waals surface area contributed by atoms with Crippen LogP contribution in [0.4, 0.5) is 0 Å². The van der Waals surface area contributed by atoms with Crippen molar-refractivity contribution in [3.8, 4) is 5.75 Å². The summed E-state index contributed by atoms with van der Waals surface area (Å²) in [5, 5.41) is 9.00. The number of benzene rings is 1. The number of hydrogen-bond donors (Lipinski definition) is 2. The Morgan fingerprint density at radius 1 is 1.19 bits per heavy atom. The van der Waals surface area contributed by atoms with Crippen LogP contribution in [0.5, 0.6) is 5.75 Å². The van der Waals surface area contributed by atoms with Crippen molar-refractivity contribution in [3.05, 3.63) is 53.3 Å². The van der Waals surface area contributed by atoms with E-state index in [9.17, 15) is 0 Å². The van der Waals surface area contributed by atoms with Gasteiger partial charge in [-0.05, 0) is 50.6 Å². The molecular formula is C23H32N6OS. The number of nitrogens with zero attached hydrogens (tertiary/aromatic N) is 4. The van der Waals surface area contributed by atoms with Gasteiger partial charge in [-0.2, -0.15) is 0 Å². The normalized spacial score (nSPS) is 16.4. The lowest BCUT2D eigenvalue weighted by atomic mass is 10.0. The maximum absolute atomic E-state index is 5.35. The maximum atomic E-state index is 5.35. The second kappa shape index (κ2) is 10.6. The third-order valence-electron chi connectivity index (χ3n) is 5.68. The van der Waals surface area contributed by atoms with E-state index in [1.165, 1.54) is 24.8 Å². The van der Waals surface area contributed by atoms with Crippen LogP contribution in [0.3, 0.4) is 0 Å². The van der Waals surface area contributed by atoms with Crippen LogP contribution in [0.15, 0.2) is 47.0 Å². The van der Waals surface area contributed by atoms with Crippen LogP contribution in [0.1, 0.15) is 43.5 Å². The molecule has 0 amide bonds.